The summed E-state index contributed by atoms with van der Waals surface area (Å²) in [7, 11) is 1.92. The molecular weight excluding hydrogens is 346 g/mol. The van der Waals surface area contributed by atoms with Gasteiger partial charge in [-0.3, -0.25) is 9.48 Å². The molecule has 1 aromatic heterocycles. The fourth-order valence-corrected chi connectivity index (χ4v) is 3.72. The predicted octanol–water partition coefficient (Wildman–Crippen LogP) is 3.79. The van der Waals surface area contributed by atoms with Crippen molar-refractivity contribution in [2.24, 2.45) is 7.05 Å². The van der Waals surface area contributed by atoms with Crippen molar-refractivity contribution >= 4 is 17.5 Å². The number of nitrogens with zero attached hydrogens (tertiary/aromatic N) is 3. The van der Waals surface area contributed by atoms with Crippen LogP contribution in [-0.2, 0) is 24.8 Å². The van der Waals surface area contributed by atoms with E-state index in [0.717, 1.165) is 11.1 Å². The first-order valence-corrected chi connectivity index (χ1v) is 9.06. The number of halogens is 1. The monoisotopic (exact) mass is 365 g/mol. The maximum Gasteiger partial charge on any atom is 0.227 e. The first-order chi connectivity index (χ1) is 12.6. The van der Waals surface area contributed by atoms with E-state index in [9.17, 15) is 4.79 Å². The normalized spacial score (nSPS) is 16.4. The number of hydrogen-bond acceptors (Lipinski definition) is 2. The van der Waals surface area contributed by atoms with Crippen molar-refractivity contribution in [1.29, 1.82) is 0 Å². The Kier molecular flexibility index (Phi) is 4.51. The Balaban J connectivity index is 1.60. The quantitative estimate of drug-likeness (QED) is 0.708. The summed E-state index contributed by atoms with van der Waals surface area (Å²) in [6, 6.07) is 15.9. The molecule has 1 aliphatic rings. The van der Waals surface area contributed by atoms with Crippen molar-refractivity contribution in [3.63, 3.8) is 0 Å². The van der Waals surface area contributed by atoms with Crippen LogP contribution in [0.5, 0.6) is 0 Å². The number of aromatic nitrogens is 2. The summed E-state index contributed by atoms with van der Waals surface area (Å²) in [5.41, 5.74) is 4.62. The van der Waals surface area contributed by atoms with Gasteiger partial charge >= 0.3 is 0 Å². The Bertz CT molecular complexity index is 932. The molecule has 3 aromatic rings. The first kappa shape index (κ1) is 16.9. The van der Waals surface area contributed by atoms with Gasteiger partial charge in [0.25, 0.3) is 0 Å². The number of amides is 1. The van der Waals surface area contributed by atoms with Crippen LogP contribution in [0.1, 0.15) is 28.2 Å². The van der Waals surface area contributed by atoms with Crippen molar-refractivity contribution in [3.05, 3.63) is 88.2 Å². The SMILES string of the molecule is Cn1cc(C2CN(C(=O)Cc3ccc(Cl)cc3)Cc3ccccc32)cn1. The number of carbonyl (C=O) groups excluding carboxylic acids is 1. The third-order valence-corrected chi connectivity index (χ3v) is 5.20. The molecule has 5 heteroatoms. The molecule has 0 bridgehead atoms. The van der Waals surface area contributed by atoms with Crippen LogP contribution in [0.4, 0.5) is 0 Å². The Morgan fingerprint density at radius 3 is 2.69 bits per heavy atom. The highest BCUT2D eigenvalue weighted by Crippen LogP contribution is 2.33. The number of hydrogen-bond donors (Lipinski definition) is 0. The third-order valence-electron chi connectivity index (χ3n) is 4.94. The van der Waals surface area contributed by atoms with Crippen LogP contribution in [0.3, 0.4) is 0 Å². The van der Waals surface area contributed by atoms with Crippen LogP contribution in [0, 0.1) is 0 Å². The van der Waals surface area contributed by atoms with Gasteiger partial charge in [0.2, 0.25) is 5.91 Å². The van der Waals surface area contributed by atoms with Gasteiger partial charge in [0.15, 0.2) is 0 Å². The second kappa shape index (κ2) is 6.96. The zero-order valence-corrected chi connectivity index (χ0v) is 15.4. The van der Waals surface area contributed by atoms with Gasteiger partial charge in [0.05, 0.1) is 12.6 Å². The van der Waals surface area contributed by atoms with Crippen molar-refractivity contribution in [1.82, 2.24) is 14.7 Å². The number of benzene rings is 2. The maximum absolute atomic E-state index is 12.9. The van der Waals surface area contributed by atoms with Crippen molar-refractivity contribution < 1.29 is 4.79 Å². The molecule has 0 spiro atoms. The fraction of sp³-hybridized carbons (Fsp3) is 0.238. The van der Waals surface area contributed by atoms with Crippen molar-refractivity contribution in [3.8, 4) is 0 Å². The second-order valence-electron chi connectivity index (χ2n) is 6.78. The number of fused-ring (bicyclic) bond motifs is 1. The zero-order valence-electron chi connectivity index (χ0n) is 14.6. The van der Waals surface area contributed by atoms with E-state index in [2.05, 4.69) is 23.3 Å². The highest BCUT2D eigenvalue weighted by atomic mass is 35.5. The molecule has 0 saturated heterocycles. The van der Waals surface area contributed by atoms with E-state index in [1.54, 1.807) is 0 Å². The van der Waals surface area contributed by atoms with Gasteiger partial charge in [-0.15, -0.1) is 0 Å². The molecule has 1 aliphatic heterocycles. The Labute approximate surface area is 158 Å². The predicted molar refractivity (Wildman–Crippen MR) is 102 cm³/mol. The summed E-state index contributed by atoms with van der Waals surface area (Å²) in [5, 5.41) is 5.00. The lowest BCUT2D eigenvalue weighted by Gasteiger charge is -2.34. The highest BCUT2D eigenvalue weighted by molar-refractivity contribution is 6.30. The van der Waals surface area contributed by atoms with E-state index in [1.807, 2.05) is 59.4 Å². The minimum absolute atomic E-state index is 0.135. The van der Waals surface area contributed by atoms with E-state index in [-0.39, 0.29) is 11.8 Å². The van der Waals surface area contributed by atoms with E-state index >= 15 is 0 Å². The first-order valence-electron chi connectivity index (χ1n) is 8.69. The summed E-state index contributed by atoms with van der Waals surface area (Å²) in [6.45, 7) is 1.33. The maximum atomic E-state index is 12.9. The molecule has 2 heterocycles. The highest BCUT2D eigenvalue weighted by Gasteiger charge is 2.29. The summed E-state index contributed by atoms with van der Waals surface area (Å²) < 4.78 is 1.81. The largest absolute Gasteiger partial charge is 0.337 e. The average Bonchev–Trinajstić information content (AvgIpc) is 3.09. The smallest absolute Gasteiger partial charge is 0.227 e. The van der Waals surface area contributed by atoms with Crippen LogP contribution in [0.15, 0.2) is 60.9 Å². The molecule has 0 aliphatic carbocycles. The molecule has 1 atom stereocenters. The molecule has 1 amide bonds. The standard InChI is InChI=1S/C21H20ClN3O/c1-24-12-17(11-23-24)20-14-25(13-16-4-2-3-5-19(16)20)21(26)10-15-6-8-18(22)9-7-15/h2-9,11-12,20H,10,13-14H2,1H3. The molecule has 4 rings (SSSR count). The number of carbonyl (C=O) groups is 1. The van der Waals surface area contributed by atoms with Crippen LogP contribution in [0.2, 0.25) is 5.02 Å². The summed E-state index contributed by atoms with van der Waals surface area (Å²) in [6.07, 6.45) is 4.32. The Morgan fingerprint density at radius 2 is 1.96 bits per heavy atom. The average molecular weight is 366 g/mol. The molecule has 132 valence electrons. The molecule has 26 heavy (non-hydrogen) atoms. The third kappa shape index (κ3) is 3.37. The van der Waals surface area contributed by atoms with Gasteiger partial charge in [-0.1, -0.05) is 48.0 Å². The lowest BCUT2D eigenvalue weighted by Crippen LogP contribution is -2.39. The summed E-state index contributed by atoms with van der Waals surface area (Å²) in [5.74, 6) is 0.290. The summed E-state index contributed by atoms with van der Waals surface area (Å²) in [4.78, 5) is 14.9. The Hall–Kier alpha value is -2.59. The molecule has 1 unspecified atom stereocenters. The zero-order chi connectivity index (χ0) is 18.1. The van der Waals surface area contributed by atoms with Crippen LogP contribution >= 0.6 is 11.6 Å². The van der Waals surface area contributed by atoms with E-state index in [4.69, 9.17) is 11.6 Å². The van der Waals surface area contributed by atoms with Gasteiger partial charge in [0, 0.05) is 37.3 Å². The lowest BCUT2D eigenvalue weighted by atomic mass is 9.86. The Morgan fingerprint density at radius 1 is 1.19 bits per heavy atom. The van der Waals surface area contributed by atoms with Crippen LogP contribution < -0.4 is 0 Å². The van der Waals surface area contributed by atoms with E-state index in [0.29, 0.717) is 24.5 Å². The molecule has 0 fully saturated rings. The van der Waals surface area contributed by atoms with Gasteiger partial charge in [-0.2, -0.15) is 5.10 Å². The molecule has 2 aromatic carbocycles. The van der Waals surface area contributed by atoms with Gasteiger partial charge in [0.1, 0.15) is 0 Å². The van der Waals surface area contributed by atoms with Gasteiger partial charge < -0.3 is 4.90 Å². The van der Waals surface area contributed by atoms with E-state index < -0.39 is 0 Å². The van der Waals surface area contributed by atoms with Crippen molar-refractivity contribution in [2.75, 3.05) is 6.54 Å². The summed E-state index contributed by atoms with van der Waals surface area (Å²) >= 11 is 5.94. The van der Waals surface area contributed by atoms with Gasteiger partial charge in [-0.25, -0.2) is 0 Å². The van der Waals surface area contributed by atoms with E-state index in [1.165, 1.54) is 11.1 Å². The molecule has 4 nitrogen and oxygen atoms in total. The molecule has 0 radical (unpaired) electrons. The minimum atomic E-state index is 0.135. The fourth-order valence-electron chi connectivity index (χ4n) is 3.59. The topological polar surface area (TPSA) is 38.1 Å². The molecule has 0 N–H and O–H groups in total. The van der Waals surface area contributed by atoms with Crippen LogP contribution in [0.25, 0.3) is 0 Å². The molecular formula is C21H20ClN3O. The number of aryl methyl sites for hydroxylation is 1. The molecule has 0 saturated carbocycles. The van der Waals surface area contributed by atoms with Crippen LogP contribution in [-0.4, -0.2) is 27.1 Å². The minimum Gasteiger partial charge on any atom is -0.337 e. The van der Waals surface area contributed by atoms with Gasteiger partial charge in [-0.05, 0) is 34.4 Å². The number of rotatable bonds is 3. The second-order valence-corrected chi connectivity index (χ2v) is 7.21. The lowest BCUT2D eigenvalue weighted by molar-refractivity contribution is -0.131. The van der Waals surface area contributed by atoms with Crippen molar-refractivity contribution in [2.45, 2.75) is 18.9 Å².